The van der Waals surface area contributed by atoms with Crippen molar-refractivity contribution >= 4 is 10.0 Å². The minimum Gasteiger partial charge on any atom is -0.316 e. The molecule has 102 valence electrons. The van der Waals surface area contributed by atoms with Gasteiger partial charge in [0.1, 0.15) is 0 Å². The topological polar surface area (TPSA) is 71.1 Å². The molecule has 0 aliphatic carbocycles. The molecule has 0 bridgehead atoms. The van der Waals surface area contributed by atoms with Crippen LogP contribution in [0.4, 0.5) is 0 Å². The van der Waals surface area contributed by atoms with Gasteiger partial charge in [-0.1, -0.05) is 19.4 Å². The number of rotatable bonds is 7. The maximum atomic E-state index is 12.0. The van der Waals surface area contributed by atoms with Crippen LogP contribution >= 0.6 is 0 Å². The standard InChI is InChI=1S/C12H21N3O2S/c1-4-5-10(2)15-18(16,17)12-7-6-11(8-13-3)9-14-12/h6-7,9-10,13,15H,4-5,8H2,1-3H3. The lowest BCUT2D eigenvalue weighted by Gasteiger charge is -2.12. The van der Waals surface area contributed by atoms with E-state index in [9.17, 15) is 8.42 Å². The van der Waals surface area contributed by atoms with Crippen LogP contribution in [0.2, 0.25) is 0 Å². The summed E-state index contributed by atoms with van der Waals surface area (Å²) >= 11 is 0. The Labute approximate surface area is 109 Å². The van der Waals surface area contributed by atoms with Crippen molar-refractivity contribution in [3.8, 4) is 0 Å². The van der Waals surface area contributed by atoms with E-state index in [0.29, 0.717) is 6.54 Å². The molecule has 0 spiro atoms. The van der Waals surface area contributed by atoms with E-state index < -0.39 is 10.0 Å². The van der Waals surface area contributed by atoms with Crippen molar-refractivity contribution in [3.05, 3.63) is 23.9 Å². The minimum absolute atomic E-state index is 0.0706. The second-order valence-corrected chi connectivity index (χ2v) is 6.01. The van der Waals surface area contributed by atoms with Crippen molar-refractivity contribution in [3.63, 3.8) is 0 Å². The molecule has 6 heteroatoms. The first-order chi connectivity index (χ1) is 8.49. The van der Waals surface area contributed by atoms with E-state index in [1.165, 1.54) is 6.07 Å². The Morgan fingerprint density at radius 1 is 1.39 bits per heavy atom. The molecule has 1 aromatic rings. The molecule has 0 aromatic carbocycles. The molecule has 1 rings (SSSR count). The molecular formula is C12H21N3O2S. The number of nitrogens with one attached hydrogen (secondary N) is 2. The summed E-state index contributed by atoms with van der Waals surface area (Å²) in [6, 6.07) is 3.23. The van der Waals surface area contributed by atoms with Crippen LogP contribution in [0.15, 0.2) is 23.4 Å². The van der Waals surface area contributed by atoms with Gasteiger partial charge in [0.2, 0.25) is 0 Å². The Morgan fingerprint density at radius 2 is 2.11 bits per heavy atom. The van der Waals surface area contributed by atoms with Crippen molar-refractivity contribution in [1.29, 1.82) is 0 Å². The molecule has 0 radical (unpaired) electrons. The van der Waals surface area contributed by atoms with Crippen LogP contribution in [0.25, 0.3) is 0 Å². The smallest absolute Gasteiger partial charge is 0.258 e. The lowest BCUT2D eigenvalue weighted by Crippen LogP contribution is -2.32. The average Bonchev–Trinajstić information content (AvgIpc) is 2.29. The first-order valence-electron chi connectivity index (χ1n) is 6.11. The van der Waals surface area contributed by atoms with Gasteiger partial charge in [0.25, 0.3) is 10.0 Å². The van der Waals surface area contributed by atoms with Gasteiger partial charge >= 0.3 is 0 Å². The first kappa shape index (κ1) is 15.1. The lowest BCUT2D eigenvalue weighted by molar-refractivity contribution is 0.541. The molecule has 1 unspecified atom stereocenters. The normalized spacial score (nSPS) is 13.5. The van der Waals surface area contributed by atoms with E-state index in [1.807, 2.05) is 20.9 Å². The second kappa shape index (κ2) is 6.82. The van der Waals surface area contributed by atoms with E-state index >= 15 is 0 Å². The number of pyridine rings is 1. The zero-order valence-corrected chi connectivity index (χ0v) is 11.9. The SMILES string of the molecule is CCCC(C)NS(=O)(=O)c1ccc(CNC)cn1. The van der Waals surface area contributed by atoms with Crippen LogP contribution in [0.3, 0.4) is 0 Å². The molecule has 1 atom stereocenters. The van der Waals surface area contributed by atoms with Crippen LogP contribution in [0.1, 0.15) is 32.3 Å². The van der Waals surface area contributed by atoms with Crippen molar-refractivity contribution in [2.45, 2.75) is 44.3 Å². The van der Waals surface area contributed by atoms with Gasteiger partial charge in [-0.25, -0.2) is 18.1 Å². The predicted molar refractivity (Wildman–Crippen MR) is 71.7 cm³/mol. The molecule has 0 fully saturated rings. The molecule has 1 aromatic heterocycles. The maximum Gasteiger partial charge on any atom is 0.258 e. The zero-order chi connectivity index (χ0) is 13.6. The molecule has 0 aliphatic heterocycles. The highest BCUT2D eigenvalue weighted by Crippen LogP contribution is 2.08. The van der Waals surface area contributed by atoms with Crippen molar-refractivity contribution in [2.75, 3.05) is 7.05 Å². The Morgan fingerprint density at radius 3 is 2.61 bits per heavy atom. The Kier molecular flexibility index (Phi) is 5.71. The summed E-state index contributed by atoms with van der Waals surface area (Å²) in [5.41, 5.74) is 0.957. The van der Waals surface area contributed by atoms with Crippen LogP contribution in [-0.4, -0.2) is 26.5 Å². The molecule has 18 heavy (non-hydrogen) atoms. The van der Waals surface area contributed by atoms with E-state index in [2.05, 4.69) is 15.0 Å². The lowest BCUT2D eigenvalue weighted by atomic mass is 10.2. The Bertz CT molecular complexity index is 457. The highest BCUT2D eigenvalue weighted by atomic mass is 32.2. The number of hydrogen-bond acceptors (Lipinski definition) is 4. The van der Waals surface area contributed by atoms with Crippen molar-refractivity contribution in [2.24, 2.45) is 0 Å². The van der Waals surface area contributed by atoms with Crippen LogP contribution in [-0.2, 0) is 16.6 Å². The highest BCUT2D eigenvalue weighted by Gasteiger charge is 2.17. The summed E-state index contributed by atoms with van der Waals surface area (Å²) in [6.45, 7) is 4.55. The Hall–Kier alpha value is -0.980. The molecule has 5 nitrogen and oxygen atoms in total. The summed E-state index contributed by atoms with van der Waals surface area (Å²) in [4.78, 5) is 3.99. The van der Waals surface area contributed by atoms with Crippen LogP contribution in [0.5, 0.6) is 0 Å². The van der Waals surface area contributed by atoms with Crippen molar-refractivity contribution < 1.29 is 8.42 Å². The van der Waals surface area contributed by atoms with Gasteiger partial charge in [-0.2, -0.15) is 0 Å². The van der Waals surface area contributed by atoms with Gasteiger partial charge in [-0.3, -0.25) is 0 Å². The van der Waals surface area contributed by atoms with Crippen LogP contribution in [0, 0.1) is 0 Å². The van der Waals surface area contributed by atoms with Gasteiger partial charge in [0.15, 0.2) is 5.03 Å². The molecule has 1 heterocycles. The fourth-order valence-electron chi connectivity index (χ4n) is 1.70. The second-order valence-electron chi connectivity index (χ2n) is 4.35. The van der Waals surface area contributed by atoms with Gasteiger partial charge in [-0.15, -0.1) is 0 Å². The van der Waals surface area contributed by atoms with E-state index in [4.69, 9.17) is 0 Å². The average molecular weight is 271 g/mol. The number of aromatic nitrogens is 1. The first-order valence-corrected chi connectivity index (χ1v) is 7.59. The molecule has 0 aliphatic rings. The van der Waals surface area contributed by atoms with Crippen LogP contribution < -0.4 is 10.0 Å². The fraction of sp³-hybridized carbons (Fsp3) is 0.583. The van der Waals surface area contributed by atoms with Gasteiger partial charge < -0.3 is 5.32 Å². The molecule has 0 saturated heterocycles. The zero-order valence-electron chi connectivity index (χ0n) is 11.1. The Balaban J connectivity index is 2.78. The maximum absolute atomic E-state index is 12.0. The summed E-state index contributed by atoms with van der Waals surface area (Å²) in [6.07, 6.45) is 3.34. The number of hydrogen-bond donors (Lipinski definition) is 2. The third kappa shape index (κ3) is 4.36. The quantitative estimate of drug-likeness (QED) is 0.783. The minimum atomic E-state index is -3.49. The summed E-state index contributed by atoms with van der Waals surface area (Å²) in [7, 11) is -1.66. The van der Waals surface area contributed by atoms with E-state index in [0.717, 1.165) is 18.4 Å². The molecular weight excluding hydrogens is 250 g/mol. The van der Waals surface area contributed by atoms with Gasteiger partial charge in [-0.05, 0) is 32.0 Å². The molecule has 0 saturated carbocycles. The number of nitrogens with zero attached hydrogens (tertiary/aromatic N) is 1. The van der Waals surface area contributed by atoms with E-state index in [1.54, 1.807) is 12.3 Å². The summed E-state index contributed by atoms with van der Waals surface area (Å²) < 4.78 is 26.6. The van der Waals surface area contributed by atoms with Gasteiger partial charge in [0.05, 0.1) is 0 Å². The summed E-state index contributed by atoms with van der Waals surface area (Å²) in [5.74, 6) is 0. The van der Waals surface area contributed by atoms with Crippen molar-refractivity contribution in [1.82, 2.24) is 15.0 Å². The molecule has 2 N–H and O–H groups in total. The highest BCUT2D eigenvalue weighted by molar-refractivity contribution is 7.89. The number of sulfonamides is 1. The van der Waals surface area contributed by atoms with E-state index in [-0.39, 0.29) is 11.1 Å². The fourth-order valence-corrected chi connectivity index (χ4v) is 2.90. The van der Waals surface area contributed by atoms with Gasteiger partial charge in [0, 0.05) is 18.8 Å². The molecule has 0 amide bonds. The monoisotopic (exact) mass is 271 g/mol. The predicted octanol–water partition coefficient (Wildman–Crippen LogP) is 1.27. The third-order valence-electron chi connectivity index (χ3n) is 2.53. The third-order valence-corrected chi connectivity index (χ3v) is 4.04. The largest absolute Gasteiger partial charge is 0.316 e. The summed E-state index contributed by atoms with van der Waals surface area (Å²) in [5, 5.41) is 3.06.